The van der Waals surface area contributed by atoms with Crippen molar-refractivity contribution in [2.24, 2.45) is 0 Å². The Morgan fingerprint density at radius 1 is 1.38 bits per heavy atom. The van der Waals surface area contributed by atoms with Crippen molar-refractivity contribution in [2.75, 3.05) is 0 Å². The number of amides is 1. The van der Waals surface area contributed by atoms with Gasteiger partial charge in [0.25, 0.3) is 5.91 Å². The predicted molar refractivity (Wildman–Crippen MR) is 67.1 cm³/mol. The lowest BCUT2D eigenvalue weighted by Gasteiger charge is -1.99. The van der Waals surface area contributed by atoms with Crippen LogP contribution in [-0.2, 0) is 6.54 Å². The average Bonchev–Trinajstić information content (AvgIpc) is 2.78. The highest BCUT2D eigenvalue weighted by Crippen LogP contribution is 2.01. The van der Waals surface area contributed by atoms with E-state index in [0.29, 0.717) is 6.54 Å². The normalized spacial score (nSPS) is 10.1. The van der Waals surface area contributed by atoms with Gasteiger partial charge in [0, 0.05) is 0 Å². The lowest BCUT2D eigenvalue weighted by Crippen LogP contribution is -2.14. The van der Waals surface area contributed by atoms with Crippen LogP contribution in [0.2, 0.25) is 0 Å². The maximum Gasteiger partial charge on any atom is 0.299 e. The Hall–Kier alpha value is -1.44. The van der Waals surface area contributed by atoms with E-state index in [-0.39, 0.29) is 11.7 Å². The van der Waals surface area contributed by atoms with E-state index in [0.717, 1.165) is 5.56 Å². The molecule has 16 heavy (non-hydrogen) atoms. The fourth-order valence-electron chi connectivity index (χ4n) is 1.29. The highest BCUT2D eigenvalue weighted by Gasteiger charge is 2.09. The van der Waals surface area contributed by atoms with Crippen LogP contribution in [0.3, 0.4) is 0 Å². The largest absolute Gasteiger partial charge is 0.299 e. The zero-order chi connectivity index (χ0) is 11.4. The summed E-state index contributed by atoms with van der Waals surface area (Å²) >= 11 is 1.76. The molecule has 0 unspecified atom stereocenters. The van der Waals surface area contributed by atoms with E-state index in [1.54, 1.807) is 33.9 Å². The van der Waals surface area contributed by atoms with E-state index >= 15 is 0 Å². The molecule has 1 aromatic carbocycles. The van der Waals surface area contributed by atoms with Crippen LogP contribution in [-0.4, -0.2) is 20.7 Å². The Balaban J connectivity index is 2.12. The minimum absolute atomic E-state index is 0.185. The second-order valence-corrected chi connectivity index (χ2v) is 3.71. The first-order chi connectivity index (χ1) is 7.79. The highest BCUT2D eigenvalue weighted by atomic mass is 127. The molecule has 2 rings (SSSR count). The number of nitrogens with zero attached hydrogens (tertiary/aromatic N) is 3. The Labute approximate surface area is 106 Å². The van der Waals surface area contributed by atoms with Gasteiger partial charge in [0.1, 0.15) is 6.33 Å². The maximum atomic E-state index is 11.2. The number of aromatic nitrogens is 3. The minimum Gasteiger partial charge on any atom is -0.292 e. The second-order valence-electron chi connectivity index (χ2n) is 3.17. The smallest absolute Gasteiger partial charge is 0.292 e. The standard InChI is InChI=1S/C10H9IN4O/c11-13-10(16)9-12-7-15(14-9)6-8-4-2-1-3-5-8/h1-5,7H,6H2,(H,13,16). The Morgan fingerprint density at radius 2 is 2.12 bits per heavy atom. The van der Waals surface area contributed by atoms with Crippen LogP contribution in [0, 0.1) is 0 Å². The van der Waals surface area contributed by atoms with Crippen LogP contribution in [0.4, 0.5) is 0 Å². The SMILES string of the molecule is O=C(NI)c1ncn(Cc2ccccc2)n1. The molecule has 0 aliphatic carbocycles. The van der Waals surface area contributed by atoms with Gasteiger partial charge in [-0.3, -0.25) is 8.32 Å². The van der Waals surface area contributed by atoms with Crippen molar-refractivity contribution in [1.82, 2.24) is 18.3 Å². The Kier molecular flexibility index (Phi) is 3.50. The van der Waals surface area contributed by atoms with Gasteiger partial charge in [-0.15, -0.1) is 5.10 Å². The molecule has 0 aliphatic heterocycles. The van der Waals surface area contributed by atoms with Crippen molar-refractivity contribution in [2.45, 2.75) is 6.54 Å². The molecule has 2 aromatic rings. The molecule has 0 aliphatic rings. The molecule has 1 heterocycles. The maximum absolute atomic E-state index is 11.2. The molecule has 1 amide bonds. The van der Waals surface area contributed by atoms with Crippen LogP contribution in [0.1, 0.15) is 16.2 Å². The summed E-state index contributed by atoms with van der Waals surface area (Å²) in [4.78, 5) is 15.1. The molecule has 1 N–H and O–H groups in total. The quantitative estimate of drug-likeness (QED) is 0.685. The molecule has 0 saturated heterocycles. The number of carbonyl (C=O) groups excluding carboxylic acids is 1. The summed E-state index contributed by atoms with van der Waals surface area (Å²) in [7, 11) is 0. The Bertz CT molecular complexity index is 483. The number of halogens is 1. The van der Waals surface area contributed by atoms with Crippen LogP contribution >= 0.6 is 22.9 Å². The number of rotatable bonds is 3. The van der Waals surface area contributed by atoms with Crippen molar-refractivity contribution < 1.29 is 4.79 Å². The lowest BCUT2D eigenvalue weighted by atomic mass is 10.2. The number of nitrogens with one attached hydrogen (secondary N) is 1. The fraction of sp³-hybridized carbons (Fsp3) is 0.100. The van der Waals surface area contributed by atoms with Crippen molar-refractivity contribution in [3.8, 4) is 0 Å². The van der Waals surface area contributed by atoms with Crippen LogP contribution in [0.15, 0.2) is 36.7 Å². The van der Waals surface area contributed by atoms with E-state index in [1.807, 2.05) is 30.3 Å². The van der Waals surface area contributed by atoms with Gasteiger partial charge < -0.3 is 0 Å². The molecule has 0 saturated carbocycles. The number of benzene rings is 1. The van der Waals surface area contributed by atoms with Gasteiger partial charge in [0.2, 0.25) is 5.82 Å². The molecule has 82 valence electrons. The fourth-order valence-corrected chi connectivity index (χ4v) is 1.53. The molecule has 0 fully saturated rings. The molecular weight excluding hydrogens is 319 g/mol. The van der Waals surface area contributed by atoms with Crippen LogP contribution in [0.25, 0.3) is 0 Å². The molecule has 0 bridgehead atoms. The summed E-state index contributed by atoms with van der Waals surface area (Å²) in [5.41, 5.74) is 1.12. The summed E-state index contributed by atoms with van der Waals surface area (Å²) in [6, 6.07) is 9.88. The summed E-state index contributed by atoms with van der Waals surface area (Å²) in [5, 5.41) is 4.07. The van der Waals surface area contributed by atoms with Gasteiger partial charge in [-0.25, -0.2) is 9.67 Å². The van der Waals surface area contributed by atoms with Gasteiger partial charge >= 0.3 is 0 Å². The zero-order valence-electron chi connectivity index (χ0n) is 8.30. The van der Waals surface area contributed by atoms with Gasteiger partial charge in [0.05, 0.1) is 29.4 Å². The zero-order valence-corrected chi connectivity index (χ0v) is 10.5. The topological polar surface area (TPSA) is 59.8 Å². The lowest BCUT2D eigenvalue weighted by molar-refractivity contribution is 0.0979. The van der Waals surface area contributed by atoms with E-state index in [4.69, 9.17) is 0 Å². The molecule has 5 nitrogen and oxygen atoms in total. The van der Waals surface area contributed by atoms with Crippen molar-refractivity contribution in [1.29, 1.82) is 0 Å². The van der Waals surface area contributed by atoms with Crippen LogP contribution in [0.5, 0.6) is 0 Å². The van der Waals surface area contributed by atoms with E-state index in [1.165, 1.54) is 0 Å². The van der Waals surface area contributed by atoms with Crippen LogP contribution < -0.4 is 3.53 Å². The first kappa shape index (κ1) is 11.1. The monoisotopic (exact) mass is 328 g/mol. The summed E-state index contributed by atoms with van der Waals surface area (Å²) in [5.74, 6) is -0.0993. The second kappa shape index (κ2) is 5.06. The van der Waals surface area contributed by atoms with E-state index < -0.39 is 0 Å². The molecule has 0 atom stereocenters. The van der Waals surface area contributed by atoms with E-state index in [9.17, 15) is 4.79 Å². The summed E-state index contributed by atoms with van der Waals surface area (Å²) in [6.07, 6.45) is 1.55. The van der Waals surface area contributed by atoms with Gasteiger partial charge in [-0.2, -0.15) is 0 Å². The van der Waals surface area contributed by atoms with E-state index in [2.05, 4.69) is 13.6 Å². The van der Waals surface area contributed by atoms with Gasteiger partial charge in [0.15, 0.2) is 0 Å². The third-order valence-corrected chi connectivity index (χ3v) is 2.50. The third kappa shape index (κ3) is 2.57. The predicted octanol–water partition coefficient (Wildman–Crippen LogP) is 1.41. The van der Waals surface area contributed by atoms with Crippen molar-refractivity contribution in [3.05, 3.63) is 48.0 Å². The summed E-state index contributed by atoms with van der Waals surface area (Å²) < 4.78 is 4.09. The Morgan fingerprint density at radius 3 is 2.81 bits per heavy atom. The van der Waals surface area contributed by atoms with Crippen molar-refractivity contribution in [3.63, 3.8) is 0 Å². The van der Waals surface area contributed by atoms with Crippen molar-refractivity contribution >= 4 is 28.8 Å². The average molecular weight is 328 g/mol. The van der Waals surface area contributed by atoms with Gasteiger partial charge in [-0.1, -0.05) is 30.3 Å². The molecule has 0 spiro atoms. The molecule has 0 radical (unpaired) electrons. The minimum atomic E-state index is -0.285. The third-order valence-electron chi connectivity index (χ3n) is 2.01. The first-order valence-electron chi connectivity index (χ1n) is 4.64. The summed E-state index contributed by atoms with van der Waals surface area (Å²) in [6.45, 7) is 0.613. The highest BCUT2D eigenvalue weighted by molar-refractivity contribution is 14.1. The molecular formula is C10H9IN4O. The molecule has 6 heteroatoms. The number of hydrogen-bond donors (Lipinski definition) is 1. The molecule has 1 aromatic heterocycles. The first-order valence-corrected chi connectivity index (χ1v) is 5.72. The number of hydrogen-bond acceptors (Lipinski definition) is 3. The number of carbonyl (C=O) groups is 1. The van der Waals surface area contributed by atoms with Gasteiger partial charge in [-0.05, 0) is 5.56 Å².